The number of hydrogen-bond acceptors (Lipinski definition) is 4. The van der Waals surface area contributed by atoms with Crippen molar-refractivity contribution in [1.29, 1.82) is 0 Å². The molecule has 1 amide bonds. The number of rotatable bonds is 6. The van der Waals surface area contributed by atoms with Crippen LogP contribution in [0.15, 0.2) is 24.3 Å². The van der Waals surface area contributed by atoms with Gasteiger partial charge in [-0.05, 0) is 13.0 Å². The molecule has 0 radical (unpaired) electrons. The molecule has 1 heterocycles. The number of hydrogen-bond donors (Lipinski definition) is 1. The Bertz CT molecular complexity index is 498. The van der Waals surface area contributed by atoms with Crippen LogP contribution in [0.5, 0.6) is 0 Å². The molecule has 2 rings (SSSR count). The van der Waals surface area contributed by atoms with Gasteiger partial charge in [0, 0.05) is 24.2 Å². The maximum Gasteiger partial charge on any atom is 0.236 e. The lowest BCUT2D eigenvalue weighted by atomic mass is 10.1. The van der Waals surface area contributed by atoms with Crippen molar-refractivity contribution in [3.8, 4) is 0 Å². The molecule has 0 spiro atoms. The number of nitrogens with one attached hydrogen (secondary N) is 1. The highest BCUT2D eigenvalue weighted by molar-refractivity contribution is 6.31. The van der Waals surface area contributed by atoms with Crippen molar-refractivity contribution in [2.45, 2.75) is 19.1 Å². The smallest absolute Gasteiger partial charge is 0.236 e. The fourth-order valence-corrected chi connectivity index (χ4v) is 2.76. The normalized spacial score (nSPS) is 21.9. The van der Waals surface area contributed by atoms with Crippen LogP contribution in [0.4, 0.5) is 0 Å². The number of carbonyl (C=O) groups is 1. The van der Waals surface area contributed by atoms with Crippen molar-refractivity contribution in [3.63, 3.8) is 0 Å². The molecule has 22 heavy (non-hydrogen) atoms. The predicted molar refractivity (Wildman–Crippen MR) is 86.1 cm³/mol. The number of ether oxygens (including phenoxy) is 2. The lowest BCUT2D eigenvalue weighted by Crippen LogP contribution is -2.51. The predicted octanol–water partition coefficient (Wildman–Crippen LogP) is 1.86. The van der Waals surface area contributed by atoms with E-state index in [0.29, 0.717) is 37.9 Å². The Morgan fingerprint density at radius 3 is 3.00 bits per heavy atom. The van der Waals surface area contributed by atoms with Gasteiger partial charge in [0.2, 0.25) is 5.91 Å². The minimum absolute atomic E-state index is 0.0652. The summed E-state index contributed by atoms with van der Waals surface area (Å²) in [7, 11) is 1.64. The maximum absolute atomic E-state index is 12.4. The summed E-state index contributed by atoms with van der Waals surface area (Å²) in [5.74, 6) is 0.0731. The largest absolute Gasteiger partial charge is 0.383 e. The Labute approximate surface area is 136 Å². The van der Waals surface area contributed by atoms with Crippen LogP contribution in [0.25, 0.3) is 0 Å². The highest BCUT2D eigenvalue weighted by Gasteiger charge is 2.30. The highest BCUT2D eigenvalue weighted by atomic mass is 35.5. The van der Waals surface area contributed by atoms with Gasteiger partial charge in [0.25, 0.3) is 0 Å². The number of morpholine rings is 1. The van der Waals surface area contributed by atoms with Crippen molar-refractivity contribution in [3.05, 3.63) is 34.9 Å². The van der Waals surface area contributed by atoms with Crippen molar-refractivity contribution < 1.29 is 14.3 Å². The summed E-state index contributed by atoms with van der Waals surface area (Å²) in [5, 5.41) is 3.76. The fraction of sp³-hybridized carbons (Fsp3) is 0.562. The van der Waals surface area contributed by atoms with E-state index >= 15 is 0 Å². The van der Waals surface area contributed by atoms with Gasteiger partial charge in [0.15, 0.2) is 0 Å². The Hall–Kier alpha value is -1.14. The topological polar surface area (TPSA) is 50.8 Å². The molecule has 0 saturated carbocycles. The summed E-state index contributed by atoms with van der Waals surface area (Å²) >= 11 is 6.23. The third-order valence-electron chi connectivity index (χ3n) is 3.76. The Morgan fingerprint density at radius 2 is 2.27 bits per heavy atom. The first-order valence-electron chi connectivity index (χ1n) is 7.48. The van der Waals surface area contributed by atoms with Gasteiger partial charge < -0.3 is 19.7 Å². The maximum atomic E-state index is 12.4. The second kappa shape index (κ2) is 8.48. The summed E-state index contributed by atoms with van der Waals surface area (Å²) in [6, 6.07) is 7.68. The lowest BCUT2D eigenvalue weighted by Gasteiger charge is -2.38. The van der Waals surface area contributed by atoms with Gasteiger partial charge in [-0.25, -0.2) is 0 Å². The molecule has 1 aromatic rings. The van der Waals surface area contributed by atoms with Crippen LogP contribution in [-0.4, -0.2) is 56.8 Å². The van der Waals surface area contributed by atoms with Crippen molar-refractivity contribution in [2.75, 3.05) is 40.0 Å². The van der Waals surface area contributed by atoms with Crippen LogP contribution in [0.1, 0.15) is 18.6 Å². The molecular formula is C16H23ClN2O3. The number of methoxy groups -OCH3 is 1. The van der Waals surface area contributed by atoms with Crippen LogP contribution in [0, 0.1) is 0 Å². The molecule has 1 aromatic carbocycles. The lowest BCUT2D eigenvalue weighted by molar-refractivity contribution is -0.143. The molecule has 6 heteroatoms. The van der Waals surface area contributed by atoms with E-state index in [4.69, 9.17) is 21.1 Å². The molecule has 1 aliphatic heterocycles. The van der Waals surface area contributed by atoms with Crippen LogP contribution in [0.2, 0.25) is 5.02 Å². The molecule has 0 bridgehead atoms. The van der Waals surface area contributed by atoms with E-state index < -0.39 is 0 Å². The Morgan fingerprint density at radius 1 is 1.50 bits per heavy atom. The Kier molecular flexibility index (Phi) is 6.64. The third kappa shape index (κ3) is 4.43. The minimum Gasteiger partial charge on any atom is -0.383 e. The zero-order chi connectivity index (χ0) is 15.9. The summed E-state index contributed by atoms with van der Waals surface area (Å²) in [5.41, 5.74) is 0.932. The summed E-state index contributed by atoms with van der Waals surface area (Å²) in [4.78, 5) is 14.2. The van der Waals surface area contributed by atoms with Gasteiger partial charge in [0.05, 0.1) is 32.3 Å². The fourth-order valence-electron chi connectivity index (χ4n) is 2.50. The molecular weight excluding hydrogens is 304 g/mol. The standard InChI is InChI=1S/C16H23ClN2O3/c1-12-11-22-15(13-5-3-4-6-14(13)17)10-19(12)16(20)9-18-7-8-21-2/h3-6,12,15,18H,7-11H2,1-2H3/t12-,15+/m0/s1. The van der Waals surface area contributed by atoms with Gasteiger partial charge in [-0.3, -0.25) is 4.79 Å². The van der Waals surface area contributed by atoms with Crippen molar-refractivity contribution in [1.82, 2.24) is 10.2 Å². The first-order chi connectivity index (χ1) is 10.6. The number of benzene rings is 1. The first-order valence-corrected chi connectivity index (χ1v) is 7.86. The summed E-state index contributed by atoms with van der Waals surface area (Å²) < 4.78 is 10.8. The van der Waals surface area contributed by atoms with Gasteiger partial charge in [-0.1, -0.05) is 29.8 Å². The van der Waals surface area contributed by atoms with E-state index in [2.05, 4.69) is 5.32 Å². The van der Waals surface area contributed by atoms with E-state index in [1.54, 1.807) is 7.11 Å². The SMILES string of the molecule is COCCNCC(=O)N1C[C@H](c2ccccc2Cl)OC[C@@H]1C. The van der Waals surface area contributed by atoms with Gasteiger partial charge in [-0.15, -0.1) is 0 Å². The molecule has 1 aliphatic rings. The number of nitrogens with zero attached hydrogens (tertiary/aromatic N) is 1. The van der Waals surface area contributed by atoms with E-state index in [1.165, 1.54) is 0 Å². The van der Waals surface area contributed by atoms with Crippen molar-refractivity contribution in [2.24, 2.45) is 0 Å². The number of amides is 1. The second-order valence-corrected chi connectivity index (χ2v) is 5.82. The molecule has 1 fully saturated rings. The number of carbonyl (C=O) groups excluding carboxylic acids is 1. The van der Waals surface area contributed by atoms with E-state index in [9.17, 15) is 4.79 Å². The quantitative estimate of drug-likeness (QED) is 0.811. The molecule has 0 unspecified atom stereocenters. The average molecular weight is 327 g/mol. The van der Waals surface area contributed by atoms with Gasteiger partial charge >= 0.3 is 0 Å². The van der Waals surface area contributed by atoms with Gasteiger partial charge in [-0.2, -0.15) is 0 Å². The average Bonchev–Trinajstić information content (AvgIpc) is 2.52. The molecule has 5 nitrogen and oxygen atoms in total. The molecule has 0 aromatic heterocycles. The molecule has 1 saturated heterocycles. The van der Waals surface area contributed by atoms with E-state index in [0.717, 1.165) is 5.56 Å². The summed E-state index contributed by atoms with van der Waals surface area (Å²) in [6.07, 6.45) is -0.173. The van der Waals surface area contributed by atoms with Crippen LogP contribution in [0.3, 0.4) is 0 Å². The molecule has 1 N–H and O–H groups in total. The van der Waals surface area contributed by atoms with Crippen LogP contribution in [-0.2, 0) is 14.3 Å². The third-order valence-corrected chi connectivity index (χ3v) is 4.11. The van der Waals surface area contributed by atoms with Gasteiger partial charge in [0.1, 0.15) is 6.10 Å². The zero-order valence-electron chi connectivity index (χ0n) is 13.0. The molecule has 2 atom stereocenters. The molecule has 0 aliphatic carbocycles. The highest BCUT2D eigenvalue weighted by Crippen LogP contribution is 2.29. The minimum atomic E-state index is -0.173. The van der Waals surface area contributed by atoms with E-state index in [1.807, 2.05) is 36.1 Å². The first kappa shape index (κ1) is 17.2. The Balaban J connectivity index is 1.96. The zero-order valence-corrected chi connectivity index (χ0v) is 13.8. The van der Waals surface area contributed by atoms with Crippen LogP contribution >= 0.6 is 11.6 Å². The van der Waals surface area contributed by atoms with Crippen molar-refractivity contribution >= 4 is 17.5 Å². The summed E-state index contributed by atoms with van der Waals surface area (Å²) in [6.45, 7) is 4.59. The van der Waals surface area contributed by atoms with E-state index in [-0.39, 0.29) is 18.1 Å². The second-order valence-electron chi connectivity index (χ2n) is 5.41. The monoisotopic (exact) mass is 326 g/mol. The molecule has 122 valence electrons. The number of halogens is 1. The van der Waals surface area contributed by atoms with Crippen LogP contribution < -0.4 is 5.32 Å².